The van der Waals surface area contributed by atoms with E-state index in [1.807, 2.05) is 18.2 Å². The summed E-state index contributed by atoms with van der Waals surface area (Å²) in [7, 11) is 1.76. The maximum Gasteiger partial charge on any atom is 0.134 e. The van der Waals surface area contributed by atoms with Gasteiger partial charge in [-0.15, -0.1) is 0 Å². The zero-order valence-corrected chi connectivity index (χ0v) is 17.4. The SMILES string of the molecule is Cn1cc(-c2cc(F)c(CNC3C=CN=C4NC(CCc5ccco5)=NC43)c(F)c2)cn1. The molecule has 2 atom stereocenters. The summed E-state index contributed by atoms with van der Waals surface area (Å²) in [6.07, 6.45) is 9.89. The second kappa shape index (κ2) is 8.51. The van der Waals surface area contributed by atoms with Crippen molar-refractivity contribution in [3.05, 3.63) is 78.2 Å². The van der Waals surface area contributed by atoms with Gasteiger partial charge in [0, 0.05) is 50.0 Å². The van der Waals surface area contributed by atoms with Crippen LogP contribution >= 0.6 is 0 Å². The van der Waals surface area contributed by atoms with Crippen LogP contribution in [0.4, 0.5) is 8.78 Å². The number of aliphatic imine (C=N–C) groups is 2. The van der Waals surface area contributed by atoms with Gasteiger partial charge in [0.1, 0.15) is 35.1 Å². The molecule has 0 aliphatic carbocycles. The molecule has 0 bridgehead atoms. The second-order valence-electron chi connectivity index (χ2n) is 7.81. The van der Waals surface area contributed by atoms with Crippen molar-refractivity contribution in [2.24, 2.45) is 17.0 Å². The van der Waals surface area contributed by atoms with Gasteiger partial charge in [-0.1, -0.05) is 0 Å². The van der Waals surface area contributed by atoms with Crippen LogP contribution < -0.4 is 10.6 Å². The summed E-state index contributed by atoms with van der Waals surface area (Å²) < 4.78 is 36.4. The molecule has 9 heteroatoms. The maximum absolute atomic E-state index is 14.7. The summed E-state index contributed by atoms with van der Waals surface area (Å²) in [6.45, 7) is 0.0288. The highest BCUT2D eigenvalue weighted by Crippen LogP contribution is 2.25. The highest BCUT2D eigenvalue weighted by molar-refractivity contribution is 6.09. The van der Waals surface area contributed by atoms with E-state index in [4.69, 9.17) is 9.41 Å². The van der Waals surface area contributed by atoms with Crippen molar-refractivity contribution in [2.75, 3.05) is 0 Å². The molecule has 0 saturated carbocycles. The van der Waals surface area contributed by atoms with Crippen LogP contribution in [0.5, 0.6) is 0 Å². The predicted molar refractivity (Wildman–Crippen MR) is 117 cm³/mol. The van der Waals surface area contributed by atoms with Gasteiger partial charge in [0.25, 0.3) is 0 Å². The molecule has 0 amide bonds. The third-order valence-corrected chi connectivity index (χ3v) is 5.58. The summed E-state index contributed by atoms with van der Waals surface area (Å²) in [5.74, 6) is 1.24. The number of nitrogens with zero attached hydrogens (tertiary/aromatic N) is 4. The van der Waals surface area contributed by atoms with Crippen LogP contribution in [0.3, 0.4) is 0 Å². The van der Waals surface area contributed by atoms with E-state index in [1.54, 1.807) is 36.6 Å². The Morgan fingerprint density at radius 2 is 2.03 bits per heavy atom. The van der Waals surface area contributed by atoms with Gasteiger partial charge in [-0.2, -0.15) is 5.10 Å². The van der Waals surface area contributed by atoms with Crippen molar-refractivity contribution >= 4 is 11.7 Å². The number of hydrogen-bond acceptors (Lipinski definition) is 6. The lowest BCUT2D eigenvalue weighted by Gasteiger charge is -2.22. The van der Waals surface area contributed by atoms with Crippen molar-refractivity contribution < 1.29 is 13.2 Å². The number of amidine groups is 2. The number of aryl methyl sites for hydroxylation is 2. The quantitative estimate of drug-likeness (QED) is 0.595. The molecule has 2 unspecified atom stereocenters. The lowest BCUT2D eigenvalue weighted by Crippen LogP contribution is -2.44. The van der Waals surface area contributed by atoms with Crippen LogP contribution in [0.1, 0.15) is 17.7 Å². The van der Waals surface area contributed by atoms with E-state index in [-0.39, 0.29) is 24.2 Å². The summed E-state index contributed by atoms with van der Waals surface area (Å²) in [5, 5.41) is 10.5. The van der Waals surface area contributed by atoms with E-state index in [9.17, 15) is 8.78 Å². The van der Waals surface area contributed by atoms with Crippen molar-refractivity contribution in [3.63, 3.8) is 0 Å². The van der Waals surface area contributed by atoms with Crippen LogP contribution in [-0.2, 0) is 20.0 Å². The molecule has 0 saturated heterocycles. The van der Waals surface area contributed by atoms with Gasteiger partial charge in [0.2, 0.25) is 0 Å². The smallest absolute Gasteiger partial charge is 0.134 e. The summed E-state index contributed by atoms with van der Waals surface area (Å²) in [6, 6.07) is 5.97. The number of rotatable bonds is 7. The third-order valence-electron chi connectivity index (χ3n) is 5.58. The van der Waals surface area contributed by atoms with Gasteiger partial charge in [-0.05, 0) is 35.9 Å². The lowest BCUT2D eigenvalue weighted by molar-refractivity contribution is 0.506. The number of benzene rings is 1. The molecule has 2 N–H and O–H groups in total. The van der Waals surface area contributed by atoms with Gasteiger partial charge in [0.15, 0.2) is 0 Å². The first kappa shape index (κ1) is 20.3. The molecule has 0 fully saturated rings. The molecule has 2 aromatic heterocycles. The Bertz CT molecular complexity index is 1190. The number of aromatic nitrogens is 2. The molecule has 2 aliphatic heterocycles. The number of hydrogen-bond donors (Lipinski definition) is 2. The molecule has 0 radical (unpaired) electrons. The van der Waals surface area contributed by atoms with Gasteiger partial charge < -0.3 is 15.1 Å². The first-order valence-corrected chi connectivity index (χ1v) is 10.4. The lowest BCUT2D eigenvalue weighted by atomic mass is 10.0. The second-order valence-corrected chi connectivity index (χ2v) is 7.81. The zero-order chi connectivity index (χ0) is 22.1. The topological polar surface area (TPSA) is 79.7 Å². The minimum Gasteiger partial charge on any atom is -0.469 e. The van der Waals surface area contributed by atoms with Crippen molar-refractivity contribution in [2.45, 2.75) is 31.5 Å². The highest BCUT2D eigenvalue weighted by atomic mass is 19.1. The zero-order valence-electron chi connectivity index (χ0n) is 17.4. The largest absolute Gasteiger partial charge is 0.469 e. The Balaban J connectivity index is 1.26. The molecule has 164 valence electrons. The molecular formula is C23H22F2N6O. The first-order valence-electron chi connectivity index (χ1n) is 10.4. The van der Waals surface area contributed by atoms with E-state index in [0.717, 1.165) is 23.9 Å². The van der Waals surface area contributed by atoms with Gasteiger partial charge in [-0.25, -0.2) is 13.8 Å². The monoisotopic (exact) mass is 436 g/mol. The molecule has 3 aromatic rings. The Morgan fingerprint density at radius 1 is 1.19 bits per heavy atom. The Morgan fingerprint density at radius 3 is 2.75 bits per heavy atom. The first-order chi connectivity index (χ1) is 15.6. The molecule has 0 spiro atoms. The van der Waals surface area contributed by atoms with Crippen molar-refractivity contribution in [3.8, 4) is 11.1 Å². The number of nitrogens with one attached hydrogen (secondary N) is 2. The van der Waals surface area contributed by atoms with Crippen molar-refractivity contribution in [1.82, 2.24) is 20.4 Å². The van der Waals surface area contributed by atoms with Gasteiger partial charge in [0.05, 0.1) is 18.5 Å². The highest BCUT2D eigenvalue weighted by Gasteiger charge is 2.32. The summed E-state index contributed by atoms with van der Waals surface area (Å²) in [4.78, 5) is 9.09. The van der Waals surface area contributed by atoms with E-state index >= 15 is 0 Å². The molecule has 7 nitrogen and oxygen atoms in total. The molecular weight excluding hydrogens is 414 g/mol. The summed E-state index contributed by atoms with van der Waals surface area (Å²) >= 11 is 0. The Kier molecular flexibility index (Phi) is 5.40. The average Bonchev–Trinajstić information content (AvgIpc) is 3.52. The van der Waals surface area contributed by atoms with E-state index in [2.05, 4.69) is 20.7 Å². The minimum atomic E-state index is -0.600. The van der Waals surface area contributed by atoms with Crippen LogP contribution in [0, 0.1) is 11.6 Å². The van der Waals surface area contributed by atoms with Gasteiger partial charge >= 0.3 is 0 Å². The van der Waals surface area contributed by atoms with Crippen LogP contribution in [0.15, 0.2) is 69.6 Å². The molecule has 5 rings (SSSR count). The molecule has 32 heavy (non-hydrogen) atoms. The standard InChI is InChI=1S/C23H22F2N6O/c1-31-13-15(11-28-31)14-9-18(24)17(19(25)10-14)12-27-20-6-7-26-23-22(20)29-21(30-23)5-4-16-3-2-8-32-16/h2-3,6-11,13,20,22,27H,4-5,12H2,1H3,(H,26,29,30). The fourth-order valence-corrected chi connectivity index (χ4v) is 3.90. The number of halogens is 2. The molecule has 2 aliphatic rings. The van der Waals surface area contributed by atoms with Crippen LogP contribution in [-0.4, -0.2) is 33.5 Å². The van der Waals surface area contributed by atoms with Crippen LogP contribution in [0.2, 0.25) is 0 Å². The Hall–Kier alpha value is -3.59. The molecule has 4 heterocycles. The molecule has 1 aromatic carbocycles. The van der Waals surface area contributed by atoms with Crippen LogP contribution in [0.25, 0.3) is 11.1 Å². The van der Waals surface area contributed by atoms with E-state index in [0.29, 0.717) is 17.5 Å². The predicted octanol–water partition coefficient (Wildman–Crippen LogP) is 3.35. The van der Waals surface area contributed by atoms with Crippen molar-refractivity contribution in [1.29, 1.82) is 0 Å². The minimum absolute atomic E-state index is 0.0110. The maximum atomic E-state index is 14.7. The fourth-order valence-electron chi connectivity index (χ4n) is 3.90. The fraction of sp³-hybridized carbons (Fsp3) is 0.261. The van der Waals surface area contributed by atoms with Gasteiger partial charge in [-0.3, -0.25) is 9.67 Å². The summed E-state index contributed by atoms with van der Waals surface area (Å²) in [5.41, 5.74) is 1.10. The number of fused-ring (bicyclic) bond motifs is 1. The average molecular weight is 436 g/mol. The number of furan rings is 1. The third kappa shape index (κ3) is 4.11. The van der Waals surface area contributed by atoms with E-state index in [1.165, 1.54) is 12.1 Å². The Labute approximate surface area is 183 Å². The van der Waals surface area contributed by atoms with E-state index < -0.39 is 11.6 Å². The normalized spacial score (nSPS) is 19.5.